The lowest BCUT2D eigenvalue weighted by Crippen LogP contribution is -2.35. The van der Waals surface area contributed by atoms with Crippen LogP contribution >= 0.6 is 11.6 Å². The zero-order valence-electron chi connectivity index (χ0n) is 18.4. The van der Waals surface area contributed by atoms with Crippen molar-refractivity contribution < 1.29 is 9.53 Å². The fraction of sp³-hybridized carbons (Fsp3) is 0.542. The minimum Gasteiger partial charge on any atom is -0.457 e. The first-order valence-corrected chi connectivity index (χ1v) is 10.5. The van der Waals surface area contributed by atoms with Crippen molar-refractivity contribution >= 4 is 23.3 Å². The lowest BCUT2D eigenvalue weighted by Gasteiger charge is -2.34. The molecular weight excluding hydrogens is 384 g/mol. The van der Waals surface area contributed by atoms with Crippen LogP contribution in [-0.4, -0.2) is 17.3 Å². The highest BCUT2D eigenvalue weighted by atomic mass is 35.5. The maximum absolute atomic E-state index is 13.3. The number of hydrogen-bond acceptors (Lipinski definition) is 4. The molecule has 1 aromatic carbocycles. The van der Waals surface area contributed by atoms with Crippen LogP contribution in [0.4, 0.5) is 0 Å². The Hall–Kier alpha value is -2.12. The molecule has 1 aliphatic heterocycles. The van der Waals surface area contributed by atoms with Gasteiger partial charge in [0.25, 0.3) is 0 Å². The number of benzene rings is 1. The maximum Gasteiger partial charge on any atom is 0.337 e. The number of nitriles is 1. The van der Waals surface area contributed by atoms with E-state index in [0.29, 0.717) is 28.6 Å². The number of hydrogen-bond donors (Lipinski definition) is 0. The monoisotopic (exact) mass is 414 g/mol. The Kier molecular flexibility index (Phi) is 7.30. The van der Waals surface area contributed by atoms with Crippen molar-refractivity contribution in [2.75, 3.05) is 0 Å². The van der Waals surface area contributed by atoms with Crippen LogP contribution in [0.2, 0.25) is 5.02 Å². The van der Waals surface area contributed by atoms with E-state index in [2.05, 4.69) is 19.9 Å². The molecule has 0 aliphatic carbocycles. The second-order valence-electron chi connectivity index (χ2n) is 9.29. The van der Waals surface area contributed by atoms with E-state index in [1.807, 2.05) is 46.8 Å². The van der Waals surface area contributed by atoms with Gasteiger partial charge in [-0.05, 0) is 56.7 Å². The third-order valence-electron chi connectivity index (χ3n) is 4.69. The molecule has 0 aromatic heterocycles. The smallest absolute Gasteiger partial charge is 0.337 e. The van der Waals surface area contributed by atoms with Gasteiger partial charge in [0.15, 0.2) is 0 Å². The van der Waals surface area contributed by atoms with Crippen LogP contribution in [0, 0.1) is 29.1 Å². The van der Waals surface area contributed by atoms with Gasteiger partial charge >= 0.3 is 5.97 Å². The standard InChI is InChI=1S/C24H31ClN2O2/c1-14(2)12-19-18(13-26)20(16-8-10-17(25)11-9-16)21(22(27-19)15(3)4)23(28)29-24(5,6)7/h8-11,14-15,18,20H,12H2,1-7H3. The zero-order valence-corrected chi connectivity index (χ0v) is 19.2. The maximum atomic E-state index is 13.3. The topological polar surface area (TPSA) is 62.4 Å². The quantitative estimate of drug-likeness (QED) is 0.530. The molecule has 0 spiro atoms. The van der Waals surface area contributed by atoms with E-state index < -0.39 is 23.4 Å². The van der Waals surface area contributed by atoms with Crippen LogP contribution in [0.1, 0.15) is 66.4 Å². The lowest BCUT2D eigenvalue weighted by molar-refractivity contribution is -0.150. The summed E-state index contributed by atoms with van der Waals surface area (Å²) in [6.07, 6.45) is 0.708. The number of carbonyl (C=O) groups is 1. The summed E-state index contributed by atoms with van der Waals surface area (Å²) in [6.45, 7) is 13.8. The summed E-state index contributed by atoms with van der Waals surface area (Å²) < 4.78 is 5.74. The molecule has 0 amide bonds. The minimum absolute atomic E-state index is 0.0223. The molecule has 1 heterocycles. The molecule has 1 aliphatic rings. The molecule has 0 fully saturated rings. The summed E-state index contributed by atoms with van der Waals surface area (Å²) in [6, 6.07) is 9.78. The van der Waals surface area contributed by atoms with Crippen LogP contribution < -0.4 is 0 Å². The van der Waals surface area contributed by atoms with E-state index >= 15 is 0 Å². The molecule has 156 valence electrons. The molecule has 0 saturated carbocycles. The Balaban J connectivity index is 2.74. The molecule has 1 aromatic rings. The lowest BCUT2D eigenvalue weighted by atomic mass is 9.73. The second-order valence-corrected chi connectivity index (χ2v) is 9.73. The van der Waals surface area contributed by atoms with Gasteiger partial charge in [0.2, 0.25) is 0 Å². The van der Waals surface area contributed by atoms with Crippen LogP contribution in [0.25, 0.3) is 0 Å². The van der Waals surface area contributed by atoms with Crippen molar-refractivity contribution in [2.24, 2.45) is 22.7 Å². The number of allylic oxidation sites excluding steroid dienone is 1. The van der Waals surface area contributed by atoms with Gasteiger partial charge in [0, 0.05) is 16.7 Å². The Labute approximate surface area is 179 Å². The number of halogens is 1. The molecule has 2 unspecified atom stereocenters. The molecule has 4 nitrogen and oxygen atoms in total. The summed E-state index contributed by atoms with van der Waals surface area (Å²) >= 11 is 6.09. The number of esters is 1. The normalized spacial score (nSPS) is 20.0. The number of ether oxygens (including phenoxy) is 1. The number of rotatable bonds is 5. The van der Waals surface area contributed by atoms with Crippen molar-refractivity contribution in [1.29, 1.82) is 5.26 Å². The third-order valence-corrected chi connectivity index (χ3v) is 4.95. The summed E-state index contributed by atoms with van der Waals surface area (Å²) in [5.74, 6) is -0.991. The average molecular weight is 415 g/mol. The minimum atomic E-state index is -0.638. The molecule has 0 saturated heterocycles. The van der Waals surface area contributed by atoms with Crippen LogP contribution in [0.15, 0.2) is 40.5 Å². The Morgan fingerprint density at radius 1 is 1.21 bits per heavy atom. The first kappa shape index (κ1) is 23.2. The van der Waals surface area contributed by atoms with Gasteiger partial charge in [0.1, 0.15) is 5.60 Å². The Morgan fingerprint density at radius 3 is 2.24 bits per heavy atom. The van der Waals surface area contributed by atoms with Gasteiger partial charge in [-0.15, -0.1) is 0 Å². The van der Waals surface area contributed by atoms with E-state index in [9.17, 15) is 10.1 Å². The molecule has 0 radical (unpaired) electrons. The van der Waals surface area contributed by atoms with E-state index in [0.717, 1.165) is 11.3 Å². The van der Waals surface area contributed by atoms with Crippen molar-refractivity contribution in [1.82, 2.24) is 0 Å². The molecular formula is C24H31ClN2O2. The average Bonchev–Trinajstić information content (AvgIpc) is 2.59. The zero-order chi connectivity index (χ0) is 21.9. The molecule has 0 bridgehead atoms. The fourth-order valence-electron chi connectivity index (χ4n) is 3.58. The van der Waals surface area contributed by atoms with Gasteiger partial charge in [-0.2, -0.15) is 5.26 Å². The summed E-state index contributed by atoms with van der Waals surface area (Å²) in [5, 5.41) is 10.7. The highest BCUT2D eigenvalue weighted by Gasteiger charge is 2.41. The SMILES string of the molecule is CC(C)CC1=NC(C(C)C)=C(C(=O)OC(C)(C)C)C(c2ccc(Cl)cc2)C1C#N. The van der Waals surface area contributed by atoms with E-state index in [4.69, 9.17) is 21.3 Å². The van der Waals surface area contributed by atoms with E-state index in [1.165, 1.54) is 0 Å². The highest BCUT2D eigenvalue weighted by molar-refractivity contribution is 6.30. The molecule has 2 rings (SSSR count). The predicted octanol–water partition coefficient (Wildman–Crippen LogP) is 6.32. The second kappa shape index (κ2) is 9.13. The van der Waals surface area contributed by atoms with Crippen molar-refractivity contribution in [3.8, 4) is 6.07 Å². The number of nitrogens with zero attached hydrogens (tertiary/aromatic N) is 2. The largest absolute Gasteiger partial charge is 0.457 e. The Morgan fingerprint density at radius 2 is 1.79 bits per heavy atom. The van der Waals surface area contributed by atoms with Crippen molar-refractivity contribution in [3.05, 3.63) is 46.1 Å². The van der Waals surface area contributed by atoms with Gasteiger partial charge in [0.05, 0.1) is 23.3 Å². The number of aliphatic imine (C=N–C) groups is 1. The molecule has 5 heteroatoms. The summed E-state index contributed by atoms with van der Waals surface area (Å²) in [7, 11) is 0. The van der Waals surface area contributed by atoms with Crippen LogP contribution in [0.5, 0.6) is 0 Å². The fourth-order valence-corrected chi connectivity index (χ4v) is 3.70. The number of carbonyl (C=O) groups excluding carboxylic acids is 1. The molecule has 2 atom stereocenters. The van der Waals surface area contributed by atoms with Gasteiger partial charge in [-0.1, -0.05) is 51.4 Å². The first-order valence-electron chi connectivity index (χ1n) is 10.1. The van der Waals surface area contributed by atoms with Crippen molar-refractivity contribution in [2.45, 2.75) is 66.4 Å². The van der Waals surface area contributed by atoms with E-state index in [-0.39, 0.29) is 5.92 Å². The van der Waals surface area contributed by atoms with Crippen LogP contribution in [-0.2, 0) is 9.53 Å². The third kappa shape index (κ3) is 5.70. The van der Waals surface area contributed by atoms with Crippen LogP contribution in [0.3, 0.4) is 0 Å². The van der Waals surface area contributed by atoms with E-state index in [1.54, 1.807) is 12.1 Å². The highest BCUT2D eigenvalue weighted by Crippen LogP contribution is 2.43. The Bertz CT molecular complexity index is 852. The first-order chi connectivity index (χ1) is 13.4. The van der Waals surface area contributed by atoms with Gasteiger partial charge in [-0.3, -0.25) is 4.99 Å². The summed E-state index contributed by atoms with van der Waals surface area (Å²) in [5.41, 5.74) is 2.26. The molecule has 29 heavy (non-hydrogen) atoms. The van der Waals surface area contributed by atoms with Crippen molar-refractivity contribution in [3.63, 3.8) is 0 Å². The predicted molar refractivity (Wildman–Crippen MR) is 118 cm³/mol. The molecule has 0 N–H and O–H groups in total. The van der Waals surface area contributed by atoms with Gasteiger partial charge in [-0.25, -0.2) is 4.79 Å². The summed E-state index contributed by atoms with van der Waals surface area (Å²) in [4.78, 5) is 18.1. The van der Waals surface area contributed by atoms with Gasteiger partial charge < -0.3 is 4.74 Å².